The Labute approximate surface area is 160 Å². The van der Waals surface area contributed by atoms with E-state index < -0.39 is 5.79 Å². The van der Waals surface area contributed by atoms with Gasteiger partial charge in [0.25, 0.3) is 0 Å². The largest absolute Gasteiger partial charge is 0.504 e. The van der Waals surface area contributed by atoms with E-state index in [1.165, 1.54) is 18.3 Å². The van der Waals surface area contributed by atoms with E-state index in [4.69, 9.17) is 22.1 Å². The number of benzene rings is 1. The summed E-state index contributed by atoms with van der Waals surface area (Å²) in [5, 5.41) is 10.1. The zero-order chi connectivity index (χ0) is 19.0. The topological polar surface area (TPSA) is 68.2 Å². The quantitative estimate of drug-likeness (QED) is 0.491. The lowest BCUT2D eigenvalue weighted by Gasteiger charge is -2.43. The van der Waals surface area contributed by atoms with Gasteiger partial charge in [-0.15, -0.1) is 0 Å². The minimum atomic E-state index is -0.468. The number of hydrogen-bond donors (Lipinski definition) is 1. The van der Waals surface area contributed by atoms with Crippen molar-refractivity contribution in [1.82, 2.24) is 4.90 Å². The van der Waals surface area contributed by atoms with Crippen LogP contribution in [0, 0.1) is 0 Å². The van der Waals surface area contributed by atoms with Crippen molar-refractivity contribution in [1.29, 1.82) is 0 Å². The molecular weight excluding hydrogens is 345 g/mol. The average Bonchev–Trinajstić information content (AvgIpc) is 3.12. The van der Waals surface area contributed by atoms with Gasteiger partial charge in [-0.1, -0.05) is 11.0 Å². The third kappa shape index (κ3) is 3.34. The minimum absolute atomic E-state index is 0.0553. The number of amides is 1. The average molecular weight is 369 g/mol. The highest BCUT2D eigenvalue weighted by atomic mass is 16.7. The third-order valence-electron chi connectivity index (χ3n) is 5.99. The highest BCUT2D eigenvalue weighted by molar-refractivity contribution is 6.33. The van der Waals surface area contributed by atoms with Crippen molar-refractivity contribution in [2.24, 2.45) is 0 Å². The van der Waals surface area contributed by atoms with E-state index in [9.17, 15) is 9.90 Å². The number of methoxy groups -OCH3 is 1. The molecule has 1 amide bonds. The van der Waals surface area contributed by atoms with Crippen molar-refractivity contribution in [2.45, 2.75) is 43.9 Å². The van der Waals surface area contributed by atoms with Gasteiger partial charge >= 0.3 is 0 Å². The Morgan fingerprint density at radius 1 is 1.37 bits per heavy atom. The molecule has 142 valence electrons. The molecule has 4 rings (SSSR count). The summed E-state index contributed by atoms with van der Waals surface area (Å²) in [6, 6.07) is 3.21. The van der Waals surface area contributed by atoms with Crippen molar-refractivity contribution in [3.63, 3.8) is 0 Å². The van der Waals surface area contributed by atoms with Gasteiger partial charge in [0.2, 0.25) is 6.41 Å². The Bertz CT molecular complexity index is 772. The molecule has 1 unspecified atom stereocenters. The zero-order valence-corrected chi connectivity index (χ0v) is 15.6. The van der Waals surface area contributed by atoms with Crippen LogP contribution < -0.4 is 10.2 Å². The molecule has 6 nitrogen and oxygen atoms in total. The van der Waals surface area contributed by atoms with Gasteiger partial charge in [-0.05, 0) is 42.5 Å². The summed E-state index contributed by atoms with van der Waals surface area (Å²) in [5.74, 6) is -0.0636. The van der Waals surface area contributed by atoms with E-state index in [2.05, 4.69) is 0 Å². The Morgan fingerprint density at radius 3 is 2.85 bits per heavy atom. The van der Waals surface area contributed by atoms with Crippen molar-refractivity contribution in [2.75, 3.05) is 26.9 Å². The Morgan fingerprint density at radius 2 is 2.15 bits per heavy atom. The van der Waals surface area contributed by atoms with E-state index in [0.717, 1.165) is 37.7 Å². The predicted octanol–water partition coefficient (Wildman–Crippen LogP) is 1.19. The summed E-state index contributed by atoms with van der Waals surface area (Å²) < 4.78 is 16.9. The number of rotatable bonds is 4. The van der Waals surface area contributed by atoms with Gasteiger partial charge in [0.1, 0.15) is 7.85 Å². The van der Waals surface area contributed by atoms with Crippen LogP contribution >= 0.6 is 0 Å². The number of phenolic OH excluding ortho intramolecular Hbond substituents is 1. The van der Waals surface area contributed by atoms with Gasteiger partial charge in [0.05, 0.1) is 26.4 Å². The monoisotopic (exact) mass is 369 g/mol. The molecule has 0 aromatic heterocycles. The fraction of sp³-hybridized carbons (Fsp3) is 0.550. The molecule has 1 fully saturated rings. The molecule has 0 bridgehead atoms. The highest BCUT2D eigenvalue weighted by Gasteiger charge is 2.43. The second kappa shape index (κ2) is 7.21. The predicted molar refractivity (Wildman–Crippen MR) is 100 cm³/mol. The maximum Gasteiger partial charge on any atom is 0.210 e. The maximum atomic E-state index is 11.7. The summed E-state index contributed by atoms with van der Waals surface area (Å²) >= 11 is 0. The molecule has 1 saturated heterocycles. The molecule has 2 aliphatic heterocycles. The second-order valence-electron chi connectivity index (χ2n) is 7.45. The maximum absolute atomic E-state index is 11.7. The van der Waals surface area contributed by atoms with Crippen LogP contribution in [0.2, 0.25) is 0 Å². The lowest BCUT2D eigenvalue weighted by molar-refractivity contribution is -0.165. The minimum Gasteiger partial charge on any atom is -0.504 e. The first-order valence-corrected chi connectivity index (χ1v) is 9.40. The zero-order valence-electron chi connectivity index (χ0n) is 15.6. The highest BCUT2D eigenvalue weighted by Crippen LogP contribution is 2.44. The third-order valence-corrected chi connectivity index (χ3v) is 5.99. The molecule has 7 heteroatoms. The van der Waals surface area contributed by atoms with Gasteiger partial charge in [-0.3, -0.25) is 4.79 Å². The van der Waals surface area contributed by atoms with Crippen LogP contribution in [0.25, 0.3) is 0 Å². The lowest BCUT2D eigenvalue weighted by atomic mass is 9.77. The Balaban J connectivity index is 1.63. The number of carbonyl (C=O) groups is 1. The summed E-state index contributed by atoms with van der Waals surface area (Å²) in [6.07, 6.45) is 4.75. The van der Waals surface area contributed by atoms with Gasteiger partial charge in [-0.25, -0.2) is 0 Å². The SMILES string of the molecule is [B]c1cc(OC)c(O)cc1CC1C2=C(CCN1C=O)CC1(CC2)OCCO1. The van der Waals surface area contributed by atoms with E-state index in [0.29, 0.717) is 37.4 Å². The molecule has 2 heterocycles. The molecule has 2 radical (unpaired) electrons. The van der Waals surface area contributed by atoms with Crippen LogP contribution in [-0.2, 0) is 20.7 Å². The molecule has 27 heavy (non-hydrogen) atoms. The molecule has 1 spiro atoms. The number of nitrogens with zero attached hydrogens (tertiary/aromatic N) is 1. The van der Waals surface area contributed by atoms with Crippen LogP contribution in [0.4, 0.5) is 0 Å². The Hall–Kier alpha value is -1.99. The van der Waals surface area contributed by atoms with Crippen molar-refractivity contribution in [3.05, 3.63) is 28.8 Å². The van der Waals surface area contributed by atoms with Gasteiger partial charge in [0.15, 0.2) is 17.3 Å². The molecule has 1 aromatic rings. The molecule has 1 N–H and O–H groups in total. The molecule has 3 aliphatic rings. The van der Waals surface area contributed by atoms with Crippen molar-refractivity contribution in [3.8, 4) is 11.5 Å². The summed E-state index contributed by atoms with van der Waals surface area (Å²) in [6.45, 7) is 1.97. The normalized spacial score (nSPS) is 24.2. The van der Waals surface area contributed by atoms with E-state index in [-0.39, 0.29) is 11.8 Å². The molecule has 1 aliphatic carbocycles. The van der Waals surface area contributed by atoms with Gasteiger partial charge < -0.3 is 24.2 Å². The number of carbonyl (C=O) groups excluding carboxylic acids is 1. The fourth-order valence-corrected chi connectivity index (χ4v) is 4.59. The van der Waals surface area contributed by atoms with Crippen LogP contribution in [0.5, 0.6) is 11.5 Å². The Kier molecular flexibility index (Phi) is 4.91. The van der Waals surface area contributed by atoms with Crippen LogP contribution in [0.3, 0.4) is 0 Å². The molecule has 1 aromatic carbocycles. The number of aromatic hydroxyl groups is 1. The van der Waals surface area contributed by atoms with Crippen LogP contribution in [0.1, 0.15) is 31.2 Å². The second-order valence-corrected chi connectivity index (χ2v) is 7.45. The molecular formula is C20H24BNO5. The lowest BCUT2D eigenvalue weighted by Crippen LogP contribution is -2.46. The summed E-state index contributed by atoms with van der Waals surface area (Å²) in [4.78, 5) is 13.5. The summed E-state index contributed by atoms with van der Waals surface area (Å²) in [5.41, 5.74) is 3.99. The first-order chi connectivity index (χ1) is 13.0. The van der Waals surface area contributed by atoms with Crippen LogP contribution in [-0.4, -0.2) is 63.0 Å². The van der Waals surface area contributed by atoms with E-state index in [1.807, 2.05) is 4.90 Å². The number of ether oxygens (including phenoxy) is 3. The fourth-order valence-electron chi connectivity index (χ4n) is 4.59. The number of phenols is 1. The smallest absolute Gasteiger partial charge is 0.210 e. The molecule has 0 saturated carbocycles. The number of hydrogen-bond acceptors (Lipinski definition) is 5. The molecule has 1 atom stereocenters. The van der Waals surface area contributed by atoms with E-state index in [1.54, 1.807) is 12.1 Å². The van der Waals surface area contributed by atoms with E-state index >= 15 is 0 Å². The van der Waals surface area contributed by atoms with Crippen molar-refractivity contribution < 1.29 is 24.1 Å². The first kappa shape index (κ1) is 18.4. The first-order valence-electron chi connectivity index (χ1n) is 9.40. The standard InChI is InChI=1S/C20H24BNO5/c1-25-19-10-16(21)14(9-18(19)24)8-17-15-2-4-20(26-6-7-27-20)11-13(15)3-5-22(17)12-23/h9-10,12,17,24H,2-8,11H2,1H3. The van der Waals surface area contributed by atoms with Crippen molar-refractivity contribution >= 4 is 19.7 Å². The summed E-state index contributed by atoms with van der Waals surface area (Å²) in [7, 11) is 7.67. The van der Waals surface area contributed by atoms with Gasteiger partial charge in [0, 0.05) is 19.4 Å². The van der Waals surface area contributed by atoms with Crippen LogP contribution in [0.15, 0.2) is 23.3 Å². The van der Waals surface area contributed by atoms with Gasteiger partial charge in [-0.2, -0.15) is 0 Å².